The van der Waals surface area contributed by atoms with Crippen LogP contribution in [0.4, 0.5) is 8.78 Å². The smallest absolute Gasteiger partial charge is 0.388 e. The van der Waals surface area contributed by atoms with Gasteiger partial charge in [0, 0.05) is 9.82 Å². The SMILES string of the molecule is CC(C)(C)O[C@@H]1OC(CN=[N+]=[N-])[C@H](O)[C@H](O)C1NC(=O)C(F)(F)N=[N+]=[N-]. The third-order valence-electron chi connectivity index (χ3n) is 3.24. The van der Waals surface area contributed by atoms with Gasteiger partial charge in [-0.3, -0.25) is 4.79 Å². The van der Waals surface area contributed by atoms with E-state index in [1.807, 2.05) is 4.91 Å². The molecule has 2 unspecified atom stereocenters. The van der Waals surface area contributed by atoms with Gasteiger partial charge in [-0.05, 0) is 36.9 Å². The van der Waals surface area contributed by atoms with Crippen LogP contribution < -0.4 is 5.32 Å². The maximum absolute atomic E-state index is 13.4. The minimum atomic E-state index is -4.42. The van der Waals surface area contributed by atoms with Crippen LogP contribution in [0, 0.1) is 0 Å². The van der Waals surface area contributed by atoms with Crippen molar-refractivity contribution in [2.45, 2.75) is 63.1 Å². The number of nitrogens with one attached hydrogen (secondary N) is 1. The number of hydrogen-bond donors (Lipinski definition) is 3. The molecule has 0 aromatic carbocycles. The van der Waals surface area contributed by atoms with Gasteiger partial charge in [-0.15, -0.1) is 0 Å². The van der Waals surface area contributed by atoms with Crippen LogP contribution in [0.5, 0.6) is 0 Å². The van der Waals surface area contributed by atoms with Crippen molar-refractivity contribution >= 4 is 5.91 Å². The lowest BCUT2D eigenvalue weighted by molar-refractivity contribution is -0.286. The molecule has 0 aromatic rings. The largest absolute Gasteiger partial charge is 0.401 e. The number of azide groups is 2. The monoisotopic (exact) mass is 379 g/mol. The Balaban J connectivity index is 3.09. The van der Waals surface area contributed by atoms with E-state index in [4.69, 9.17) is 20.5 Å². The molecule has 0 aliphatic carbocycles. The third kappa shape index (κ3) is 5.66. The normalized spacial score (nSPS) is 29.3. The predicted molar refractivity (Wildman–Crippen MR) is 81.5 cm³/mol. The second kappa shape index (κ2) is 8.45. The van der Waals surface area contributed by atoms with Crippen LogP contribution in [0.1, 0.15) is 20.8 Å². The molecule has 5 atom stereocenters. The quantitative estimate of drug-likeness (QED) is 0.268. The maximum atomic E-state index is 13.4. The van der Waals surface area contributed by atoms with Gasteiger partial charge in [0.05, 0.1) is 18.2 Å². The summed E-state index contributed by atoms with van der Waals surface area (Å²) in [5, 5.41) is 27.3. The van der Waals surface area contributed by atoms with Crippen molar-refractivity contribution in [2.75, 3.05) is 6.54 Å². The summed E-state index contributed by atoms with van der Waals surface area (Å²) in [6.07, 6.45) is -6.11. The summed E-state index contributed by atoms with van der Waals surface area (Å²) >= 11 is 0. The van der Waals surface area contributed by atoms with E-state index in [-0.39, 0.29) is 6.54 Å². The number of carbonyl (C=O) groups is 1. The van der Waals surface area contributed by atoms with Crippen molar-refractivity contribution in [3.05, 3.63) is 20.9 Å². The first-order chi connectivity index (χ1) is 11.9. The van der Waals surface area contributed by atoms with Crippen molar-refractivity contribution in [1.82, 2.24) is 5.32 Å². The van der Waals surface area contributed by atoms with E-state index in [2.05, 4.69) is 15.1 Å². The Morgan fingerprint density at radius 1 is 1.27 bits per heavy atom. The summed E-state index contributed by atoms with van der Waals surface area (Å²) in [5.74, 6) is -2.01. The van der Waals surface area contributed by atoms with E-state index >= 15 is 0 Å². The molecule has 1 aliphatic heterocycles. The maximum Gasteiger partial charge on any atom is 0.401 e. The van der Waals surface area contributed by atoms with E-state index in [0.29, 0.717) is 0 Å². The van der Waals surface area contributed by atoms with Crippen LogP contribution >= 0.6 is 0 Å². The van der Waals surface area contributed by atoms with Crippen LogP contribution in [-0.2, 0) is 14.3 Å². The Labute approximate surface area is 146 Å². The van der Waals surface area contributed by atoms with Crippen LogP contribution in [0.2, 0.25) is 0 Å². The lowest BCUT2D eigenvalue weighted by atomic mass is 9.96. The lowest BCUT2D eigenvalue weighted by Gasteiger charge is -2.44. The van der Waals surface area contributed by atoms with Gasteiger partial charge in [0.25, 0.3) is 5.91 Å². The zero-order valence-electron chi connectivity index (χ0n) is 14.2. The molecule has 1 heterocycles. The molecule has 1 aliphatic rings. The fourth-order valence-electron chi connectivity index (χ4n) is 2.14. The van der Waals surface area contributed by atoms with E-state index in [1.165, 1.54) is 0 Å². The Hall–Kier alpha value is -2.21. The minimum absolute atomic E-state index is 0.367. The number of nitrogens with zero attached hydrogens (tertiary/aromatic N) is 6. The first-order valence-corrected chi connectivity index (χ1v) is 7.38. The molecule has 1 fully saturated rings. The van der Waals surface area contributed by atoms with Crippen molar-refractivity contribution in [3.63, 3.8) is 0 Å². The molecule has 1 saturated heterocycles. The molecular formula is C12H19F2N7O5. The molecule has 0 spiro atoms. The summed E-state index contributed by atoms with van der Waals surface area (Å²) in [6.45, 7) is 4.44. The Bertz CT molecular complexity index is 616. The zero-order chi connectivity index (χ0) is 20.1. The standard InChI is InChI=1S/C12H19F2N7O5/c1-11(2,3)26-9-6(18-10(24)12(13,14)19-21-16)8(23)7(22)5(25-9)4-17-20-15/h5-9,22-23H,4H2,1-3H3,(H,18,24)/t5?,6?,7-,8+,9-/m0/s1. The second-order valence-electron chi connectivity index (χ2n) is 6.40. The van der Waals surface area contributed by atoms with Gasteiger partial charge in [0.1, 0.15) is 18.2 Å². The van der Waals surface area contributed by atoms with E-state index in [1.54, 1.807) is 26.1 Å². The number of rotatable bonds is 6. The van der Waals surface area contributed by atoms with Gasteiger partial charge < -0.3 is 25.0 Å². The predicted octanol–water partition coefficient (Wildman–Crippen LogP) is 0.946. The van der Waals surface area contributed by atoms with Crippen molar-refractivity contribution < 1.29 is 33.3 Å². The number of halogens is 2. The number of amides is 1. The summed E-state index contributed by atoms with van der Waals surface area (Å²) in [6, 6.07) is -6.04. The van der Waals surface area contributed by atoms with Crippen LogP contribution in [0.15, 0.2) is 10.2 Å². The molecular weight excluding hydrogens is 360 g/mol. The molecule has 26 heavy (non-hydrogen) atoms. The molecule has 1 amide bonds. The second-order valence-corrected chi connectivity index (χ2v) is 6.40. The molecule has 0 aromatic heterocycles. The minimum Gasteiger partial charge on any atom is -0.388 e. The fourth-order valence-corrected chi connectivity index (χ4v) is 2.14. The molecule has 0 radical (unpaired) electrons. The highest BCUT2D eigenvalue weighted by Crippen LogP contribution is 2.27. The lowest BCUT2D eigenvalue weighted by Crippen LogP contribution is -2.66. The van der Waals surface area contributed by atoms with Gasteiger partial charge in [-0.2, -0.15) is 8.78 Å². The van der Waals surface area contributed by atoms with Crippen molar-refractivity contribution in [1.29, 1.82) is 0 Å². The highest BCUT2D eigenvalue weighted by molar-refractivity contribution is 5.83. The number of carbonyl (C=O) groups excluding carboxylic acids is 1. The molecule has 146 valence electrons. The van der Waals surface area contributed by atoms with Crippen LogP contribution in [0.25, 0.3) is 20.9 Å². The highest BCUT2D eigenvalue weighted by Gasteiger charge is 2.49. The first-order valence-electron chi connectivity index (χ1n) is 7.38. The summed E-state index contributed by atoms with van der Waals surface area (Å²) < 4.78 is 37.7. The topological polar surface area (TPSA) is 186 Å². The van der Waals surface area contributed by atoms with Crippen molar-refractivity contribution in [2.24, 2.45) is 10.2 Å². The molecule has 12 nitrogen and oxygen atoms in total. The average molecular weight is 379 g/mol. The molecule has 3 N–H and O–H groups in total. The summed E-state index contributed by atoms with van der Waals surface area (Å²) in [4.78, 5) is 16.0. The van der Waals surface area contributed by atoms with E-state index < -0.39 is 48.2 Å². The number of aliphatic hydroxyl groups is 2. The summed E-state index contributed by atoms with van der Waals surface area (Å²) in [5.41, 5.74) is 15.6. The van der Waals surface area contributed by atoms with Crippen molar-refractivity contribution in [3.8, 4) is 0 Å². The molecule has 14 heteroatoms. The van der Waals surface area contributed by atoms with E-state index in [9.17, 15) is 23.8 Å². The summed E-state index contributed by atoms with van der Waals surface area (Å²) in [7, 11) is 0. The van der Waals surface area contributed by atoms with Gasteiger partial charge in [-0.1, -0.05) is 5.11 Å². The Kier molecular flexibility index (Phi) is 7.09. The fraction of sp³-hybridized carbons (Fsp3) is 0.917. The Morgan fingerprint density at radius 3 is 2.38 bits per heavy atom. The van der Waals surface area contributed by atoms with Gasteiger partial charge in [0.15, 0.2) is 6.29 Å². The van der Waals surface area contributed by atoms with E-state index in [0.717, 1.165) is 0 Å². The number of alkyl halides is 2. The van der Waals surface area contributed by atoms with Crippen LogP contribution in [-0.4, -0.2) is 65.0 Å². The first kappa shape index (κ1) is 21.8. The number of ether oxygens (including phenoxy) is 2. The number of hydrogen-bond acceptors (Lipinski definition) is 7. The van der Waals surface area contributed by atoms with Gasteiger partial charge in [0.2, 0.25) is 0 Å². The molecule has 1 rings (SSSR count). The van der Waals surface area contributed by atoms with Gasteiger partial charge in [-0.25, -0.2) is 0 Å². The molecule has 0 saturated carbocycles. The number of aliphatic hydroxyl groups excluding tert-OH is 2. The third-order valence-corrected chi connectivity index (χ3v) is 3.24. The highest BCUT2D eigenvalue weighted by atomic mass is 19.3. The molecule has 0 bridgehead atoms. The Morgan fingerprint density at radius 2 is 1.88 bits per heavy atom. The van der Waals surface area contributed by atoms with Crippen LogP contribution in [0.3, 0.4) is 0 Å². The van der Waals surface area contributed by atoms with Gasteiger partial charge >= 0.3 is 6.05 Å². The zero-order valence-corrected chi connectivity index (χ0v) is 14.2. The average Bonchev–Trinajstić information content (AvgIpc) is 2.51.